The van der Waals surface area contributed by atoms with Crippen molar-refractivity contribution in [3.63, 3.8) is 0 Å². The average Bonchev–Trinajstić information content (AvgIpc) is 2.68. The fraction of sp³-hybridized carbons (Fsp3) is 0.571. The molecule has 29 heavy (non-hydrogen) atoms. The van der Waals surface area contributed by atoms with Crippen molar-refractivity contribution in [3.05, 3.63) is 34.9 Å². The van der Waals surface area contributed by atoms with E-state index in [0.717, 1.165) is 24.8 Å². The number of carboxylic acids is 1. The number of aliphatic carboxylic acids is 1. The maximum Gasteiger partial charge on any atom is 0.407 e. The highest BCUT2D eigenvalue weighted by atomic mass is 35.5. The molecule has 7 nitrogen and oxygen atoms in total. The van der Waals surface area contributed by atoms with Crippen LogP contribution in [0.1, 0.15) is 69.9 Å². The minimum absolute atomic E-state index is 0.0861. The standard InChI is InChI=1S/C21H30ClNO6/c1-2-3-4-7-20(26)28-14-5-6-15-29-21(27)23-18(12-13-19(24)25)16-8-10-17(22)11-9-16/h8-11,18H,2-7,12-15H2,1H3,(H,23,27)(H,24,25). The lowest BCUT2D eigenvalue weighted by atomic mass is 10.0. The Morgan fingerprint density at radius 3 is 2.28 bits per heavy atom. The van der Waals surface area contributed by atoms with Crippen molar-refractivity contribution in [1.29, 1.82) is 0 Å². The average molecular weight is 428 g/mol. The molecule has 8 heteroatoms. The largest absolute Gasteiger partial charge is 0.481 e. The van der Waals surface area contributed by atoms with Gasteiger partial charge < -0.3 is 19.9 Å². The number of rotatable bonds is 14. The van der Waals surface area contributed by atoms with Crippen molar-refractivity contribution < 1.29 is 29.0 Å². The van der Waals surface area contributed by atoms with Gasteiger partial charge in [-0.1, -0.05) is 43.5 Å². The minimum Gasteiger partial charge on any atom is -0.481 e. The van der Waals surface area contributed by atoms with Gasteiger partial charge in [0, 0.05) is 17.9 Å². The molecule has 2 N–H and O–H groups in total. The lowest BCUT2D eigenvalue weighted by Gasteiger charge is -2.18. The number of halogens is 1. The summed E-state index contributed by atoms with van der Waals surface area (Å²) in [4.78, 5) is 34.4. The molecule has 1 atom stereocenters. The van der Waals surface area contributed by atoms with Crippen LogP contribution in [0.25, 0.3) is 0 Å². The van der Waals surface area contributed by atoms with E-state index < -0.39 is 18.1 Å². The van der Waals surface area contributed by atoms with Gasteiger partial charge in [0.1, 0.15) is 0 Å². The number of unbranched alkanes of at least 4 members (excludes halogenated alkanes) is 3. The molecule has 0 aliphatic carbocycles. The van der Waals surface area contributed by atoms with Crippen molar-refractivity contribution in [2.75, 3.05) is 13.2 Å². The lowest BCUT2D eigenvalue weighted by molar-refractivity contribution is -0.144. The van der Waals surface area contributed by atoms with Gasteiger partial charge in [-0.2, -0.15) is 0 Å². The van der Waals surface area contributed by atoms with Gasteiger partial charge in [-0.15, -0.1) is 0 Å². The molecule has 0 saturated heterocycles. The molecule has 1 unspecified atom stereocenters. The molecule has 0 aliphatic rings. The zero-order valence-corrected chi connectivity index (χ0v) is 17.6. The van der Waals surface area contributed by atoms with E-state index >= 15 is 0 Å². The fourth-order valence-electron chi connectivity index (χ4n) is 2.62. The summed E-state index contributed by atoms with van der Waals surface area (Å²) in [5.74, 6) is -1.13. The van der Waals surface area contributed by atoms with Gasteiger partial charge in [-0.3, -0.25) is 9.59 Å². The van der Waals surface area contributed by atoms with E-state index in [1.807, 2.05) is 0 Å². The zero-order valence-electron chi connectivity index (χ0n) is 16.8. The number of ether oxygens (including phenoxy) is 2. The Morgan fingerprint density at radius 1 is 1.00 bits per heavy atom. The third-order valence-electron chi connectivity index (χ3n) is 4.23. The molecule has 1 amide bonds. The quantitative estimate of drug-likeness (QED) is 0.324. The highest BCUT2D eigenvalue weighted by Gasteiger charge is 2.17. The minimum atomic E-state index is -0.941. The zero-order chi connectivity index (χ0) is 21.5. The van der Waals surface area contributed by atoms with Crippen LogP contribution in [0.3, 0.4) is 0 Å². The molecular weight excluding hydrogens is 398 g/mol. The van der Waals surface area contributed by atoms with Gasteiger partial charge in [0.25, 0.3) is 0 Å². The summed E-state index contributed by atoms with van der Waals surface area (Å²) in [5, 5.41) is 12.2. The number of esters is 1. The monoisotopic (exact) mass is 427 g/mol. The number of carbonyl (C=O) groups is 3. The molecule has 0 radical (unpaired) electrons. The highest BCUT2D eigenvalue weighted by Crippen LogP contribution is 2.21. The molecule has 1 rings (SSSR count). The van der Waals surface area contributed by atoms with E-state index in [-0.39, 0.29) is 25.4 Å². The second kappa shape index (κ2) is 14.7. The topological polar surface area (TPSA) is 102 Å². The second-order valence-corrected chi connectivity index (χ2v) is 7.14. The normalized spacial score (nSPS) is 11.5. The van der Waals surface area contributed by atoms with E-state index in [1.165, 1.54) is 0 Å². The molecule has 0 saturated carbocycles. The summed E-state index contributed by atoms with van der Waals surface area (Å²) in [6.07, 6.45) is 4.06. The van der Waals surface area contributed by atoms with Gasteiger partial charge in [-0.25, -0.2) is 4.79 Å². The van der Waals surface area contributed by atoms with Gasteiger partial charge >= 0.3 is 18.0 Å². The number of carboxylic acid groups (broad SMARTS) is 1. The third kappa shape index (κ3) is 12.0. The van der Waals surface area contributed by atoms with E-state index in [4.69, 9.17) is 26.2 Å². The molecule has 0 fully saturated rings. The number of amides is 1. The number of alkyl carbamates (subject to hydrolysis) is 1. The lowest BCUT2D eigenvalue weighted by Crippen LogP contribution is -2.30. The van der Waals surface area contributed by atoms with Crippen molar-refractivity contribution in [3.8, 4) is 0 Å². The van der Waals surface area contributed by atoms with Crippen LogP contribution in [-0.2, 0) is 19.1 Å². The van der Waals surface area contributed by atoms with Crippen LogP contribution in [0.5, 0.6) is 0 Å². The Kier molecular flexibility index (Phi) is 12.5. The summed E-state index contributed by atoms with van der Waals surface area (Å²) >= 11 is 5.87. The van der Waals surface area contributed by atoms with Crippen molar-refractivity contribution in [2.45, 2.75) is 64.3 Å². The van der Waals surface area contributed by atoms with Crippen LogP contribution in [0.2, 0.25) is 5.02 Å². The van der Waals surface area contributed by atoms with Gasteiger partial charge in [0.15, 0.2) is 0 Å². The van der Waals surface area contributed by atoms with E-state index in [0.29, 0.717) is 30.9 Å². The molecule has 1 aromatic carbocycles. The van der Waals surface area contributed by atoms with Crippen molar-refractivity contribution in [1.82, 2.24) is 5.32 Å². The van der Waals surface area contributed by atoms with Crippen LogP contribution >= 0.6 is 11.6 Å². The van der Waals surface area contributed by atoms with Crippen molar-refractivity contribution in [2.24, 2.45) is 0 Å². The second-order valence-electron chi connectivity index (χ2n) is 6.70. The van der Waals surface area contributed by atoms with Crippen LogP contribution < -0.4 is 5.32 Å². The Bertz CT molecular complexity index is 635. The first kappa shape index (κ1) is 24.8. The van der Waals surface area contributed by atoms with Gasteiger partial charge in [0.2, 0.25) is 0 Å². The summed E-state index contributed by atoms with van der Waals surface area (Å²) in [6, 6.07) is 6.36. The molecule has 0 spiro atoms. The van der Waals surface area contributed by atoms with Gasteiger partial charge in [-0.05, 0) is 43.4 Å². The van der Waals surface area contributed by atoms with Crippen molar-refractivity contribution >= 4 is 29.6 Å². The molecule has 162 valence electrons. The smallest absolute Gasteiger partial charge is 0.407 e. The van der Waals surface area contributed by atoms with E-state index in [1.54, 1.807) is 24.3 Å². The maximum absolute atomic E-state index is 12.0. The number of hydrogen-bond donors (Lipinski definition) is 2. The molecule has 0 aromatic heterocycles. The summed E-state index contributed by atoms with van der Waals surface area (Å²) in [6.45, 7) is 2.57. The molecule has 0 heterocycles. The first-order valence-electron chi connectivity index (χ1n) is 9.98. The van der Waals surface area contributed by atoms with Crippen LogP contribution in [-0.4, -0.2) is 36.4 Å². The van der Waals surface area contributed by atoms with Crippen LogP contribution in [0.4, 0.5) is 4.79 Å². The number of carbonyl (C=O) groups excluding carboxylic acids is 2. The van der Waals surface area contributed by atoms with Crippen LogP contribution in [0, 0.1) is 0 Å². The number of benzene rings is 1. The van der Waals surface area contributed by atoms with Gasteiger partial charge in [0.05, 0.1) is 19.3 Å². The highest BCUT2D eigenvalue weighted by molar-refractivity contribution is 6.30. The summed E-state index contributed by atoms with van der Waals surface area (Å²) in [7, 11) is 0. The van der Waals surface area contributed by atoms with E-state index in [9.17, 15) is 14.4 Å². The summed E-state index contributed by atoms with van der Waals surface area (Å²) < 4.78 is 10.3. The first-order valence-corrected chi connectivity index (χ1v) is 10.4. The number of hydrogen-bond acceptors (Lipinski definition) is 5. The fourth-order valence-corrected chi connectivity index (χ4v) is 2.74. The predicted molar refractivity (Wildman–Crippen MR) is 110 cm³/mol. The molecule has 0 bridgehead atoms. The Morgan fingerprint density at radius 2 is 1.66 bits per heavy atom. The number of nitrogens with one attached hydrogen (secondary N) is 1. The Hall–Kier alpha value is -2.28. The summed E-state index contributed by atoms with van der Waals surface area (Å²) in [5.41, 5.74) is 0.752. The molecule has 1 aromatic rings. The third-order valence-corrected chi connectivity index (χ3v) is 4.48. The van der Waals surface area contributed by atoms with Crippen LogP contribution in [0.15, 0.2) is 24.3 Å². The molecular formula is C21H30ClNO6. The maximum atomic E-state index is 12.0. The predicted octanol–water partition coefficient (Wildman–Crippen LogP) is 4.88. The van der Waals surface area contributed by atoms with E-state index in [2.05, 4.69) is 12.2 Å². The first-order chi connectivity index (χ1) is 13.9. The Balaban J connectivity index is 2.29. The molecule has 0 aliphatic heterocycles. The Labute approximate surface area is 176 Å². The SMILES string of the molecule is CCCCCC(=O)OCCCCOC(=O)NC(CCC(=O)O)c1ccc(Cl)cc1.